The molecular weight excluding hydrogens is 189 g/mol. The van der Waals surface area contributed by atoms with Gasteiger partial charge in [0.15, 0.2) is 0 Å². The molecule has 1 fully saturated rings. The van der Waals surface area contributed by atoms with E-state index in [0.717, 1.165) is 29.5 Å². The second-order valence-electron chi connectivity index (χ2n) is 5.00. The normalized spacial score (nSPS) is 18.3. The molecule has 2 heteroatoms. The molecule has 15 heavy (non-hydrogen) atoms. The van der Waals surface area contributed by atoms with E-state index >= 15 is 0 Å². The molecule has 0 amide bonds. The Labute approximate surface area is 90.5 Å². The SMILES string of the molecule is Cc1cc(F)c(C(C)C)cc1C1(N)CC1. The predicted octanol–water partition coefficient (Wildman–Crippen LogP) is 3.21. The van der Waals surface area contributed by atoms with Gasteiger partial charge in [0.1, 0.15) is 5.82 Å². The fourth-order valence-corrected chi connectivity index (χ4v) is 2.07. The predicted molar refractivity (Wildman–Crippen MR) is 60.3 cm³/mol. The highest BCUT2D eigenvalue weighted by atomic mass is 19.1. The molecule has 1 aromatic rings. The molecule has 1 aliphatic carbocycles. The van der Waals surface area contributed by atoms with Crippen LogP contribution in [0.25, 0.3) is 0 Å². The maximum Gasteiger partial charge on any atom is 0.126 e. The molecule has 1 aliphatic rings. The van der Waals surface area contributed by atoms with E-state index in [1.807, 2.05) is 26.8 Å². The number of hydrogen-bond donors (Lipinski definition) is 1. The highest BCUT2D eigenvalue weighted by molar-refractivity contribution is 5.41. The standard InChI is InChI=1S/C13H18FN/c1-8(2)10-7-11(13(15)4-5-13)9(3)6-12(10)14/h6-8H,4-5,15H2,1-3H3. The first-order chi connectivity index (χ1) is 6.94. The third-order valence-corrected chi connectivity index (χ3v) is 3.29. The second kappa shape index (κ2) is 3.31. The summed E-state index contributed by atoms with van der Waals surface area (Å²) in [5.74, 6) is 0.113. The summed E-state index contributed by atoms with van der Waals surface area (Å²) in [6, 6.07) is 3.58. The molecule has 82 valence electrons. The topological polar surface area (TPSA) is 26.0 Å². The average Bonchev–Trinajstić information content (AvgIpc) is 2.83. The van der Waals surface area contributed by atoms with Gasteiger partial charge in [0.2, 0.25) is 0 Å². The van der Waals surface area contributed by atoms with Gasteiger partial charge in [-0.15, -0.1) is 0 Å². The van der Waals surface area contributed by atoms with Gasteiger partial charge in [-0.3, -0.25) is 0 Å². The van der Waals surface area contributed by atoms with Crippen molar-refractivity contribution in [2.75, 3.05) is 0 Å². The van der Waals surface area contributed by atoms with Crippen LogP contribution >= 0.6 is 0 Å². The molecule has 0 spiro atoms. The Balaban J connectivity index is 2.51. The molecule has 2 N–H and O–H groups in total. The molecule has 1 saturated carbocycles. The van der Waals surface area contributed by atoms with E-state index < -0.39 is 0 Å². The number of hydrogen-bond acceptors (Lipinski definition) is 1. The van der Waals surface area contributed by atoms with Gasteiger partial charge in [-0.25, -0.2) is 4.39 Å². The van der Waals surface area contributed by atoms with Crippen molar-refractivity contribution in [3.8, 4) is 0 Å². The lowest BCUT2D eigenvalue weighted by atomic mass is 9.92. The molecule has 0 bridgehead atoms. The molecule has 0 radical (unpaired) electrons. The maximum atomic E-state index is 13.6. The summed E-state index contributed by atoms with van der Waals surface area (Å²) in [4.78, 5) is 0. The van der Waals surface area contributed by atoms with Crippen molar-refractivity contribution in [2.24, 2.45) is 5.73 Å². The minimum Gasteiger partial charge on any atom is -0.321 e. The minimum atomic E-state index is -0.165. The largest absolute Gasteiger partial charge is 0.321 e. The number of aryl methyl sites for hydroxylation is 1. The van der Waals surface area contributed by atoms with Crippen molar-refractivity contribution >= 4 is 0 Å². The smallest absolute Gasteiger partial charge is 0.126 e. The summed E-state index contributed by atoms with van der Waals surface area (Å²) >= 11 is 0. The zero-order chi connectivity index (χ0) is 11.2. The summed E-state index contributed by atoms with van der Waals surface area (Å²) in [6.45, 7) is 5.96. The molecule has 2 rings (SSSR count). The quantitative estimate of drug-likeness (QED) is 0.791. The molecule has 0 heterocycles. The Morgan fingerprint density at radius 3 is 2.40 bits per heavy atom. The Kier molecular flexibility index (Phi) is 2.34. The van der Waals surface area contributed by atoms with E-state index in [9.17, 15) is 4.39 Å². The molecule has 1 nitrogen and oxygen atoms in total. The molecule has 0 atom stereocenters. The zero-order valence-corrected chi connectivity index (χ0v) is 9.60. The lowest BCUT2D eigenvalue weighted by molar-refractivity contribution is 0.592. The van der Waals surface area contributed by atoms with Gasteiger partial charge < -0.3 is 5.73 Å². The van der Waals surface area contributed by atoms with Crippen LogP contribution in [0, 0.1) is 12.7 Å². The summed E-state index contributed by atoms with van der Waals surface area (Å²) in [6.07, 6.45) is 2.05. The molecule has 0 aromatic heterocycles. The number of halogens is 1. The second-order valence-corrected chi connectivity index (χ2v) is 5.00. The minimum absolute atomic E-state index is 0.101. The van der Waals surface area contributed by atoms with Crippen LogP contribution in [0.15, 0.2) is 12.1 Å². The summed E-state index contributed by atoms with van der Waals surface area (Å²) in [5, 5.41) is 0. The van der Waals surface area contributed by atoms with Crippen LogP contribution in [0.2, 0.25) is 0 Å². The lowest BCUT2D eigenvalue weighted by Gasteiger charge is -2.17. The Bertz CT molecular complexity index is 392. The first-order valence-corrected chi connectivity index (χ1v) is 5.53. The zero-order valence-electron chi connectivity index (χ0n) is 9.60. The van der Waals surface area contributed by atoms with E-state index in [-0.39, 0.29) is 17.3 Å². The van der Waals surface area contributed by atoms with Crippen LogP contribution in [0.3, 0.4) is 0 Å². The van der Waals surface area contributed by atoms with Crippen LogP contribution in [0.1, 0.15) is 49.3 Å². The van der Waals surface area contributed by atoms with Gasteiger partial charge in [-0.1, -0.05) is 19.9 Å². The van der Waals surface area contributed by atoms with Gasteiger partial charge in [0.05, 0.1) is 0 Å². The Morgan fingerprint density at radius 2 is 1.93 bits per heavy atom. The van der Waals surface area contributed by atoms with Gasteiger partial charge in [-0.05, 0) is 48.4 Å². The van der Waals surface area contributed by atoms with Crippen molar-refractivity contribution < 1.29 is 4.39 Å². The third kappa shape index (κ3) is 1.78. The first kappa shape index (κ1) is 10.6. The van der Waals surface area contributed by atoms with Crippen LogP contribution in [0.4, 0.5) is 4.39 Å². The first-order valence-electron chi connectivity index (χ1n) is 5.53. The van der Waals surface area contributed by atoms with Gasteiger partial charge in [-0.2, -0.15) is 0 Å². The highest BCUT2D eigenvalue weighted by Gasteiger charge is 2.41. The monoisotopic (exact) mass is 207 g/mol. The average molecular weight is 207 g/mol. The van der Waals surface area contributed by atoms with Crippen LogP contribution < -0.4 is 5.73 Å². The van der Waals surface area contributed by atoms with E-state index in [0.29, 0.717) is 0 Å². The third-order valence-electron chi connectivity index (χ3n) is 3.29. The van der Waals surface area contributed by atoms with E-state index in [1.54, 1.807) is 6.07 Å². The Morgan fingerprint density at radius 1 is 1.33 bits per heavy atom. The fraction of sp³-hybridized carbons (Fsp3) is 0.538. The highest BCUT2D eigenvalue weighted by Crippen LogP contribution is 2.45. The number of rotatable bonds is 2. The lowest BCUT2D eigenvalue weighted by Crippen LogP contribution is -2.20. The maximum absolute atomic E-state index is 13.6. The molecule has 1 aromatic carbocycles. The van der Waals surface area contributed by atoms with Crippen LogP contribution in [0.5, 0.6) is 0 Å². The summed E-state index contributed by atoms with van der Waals surface area (Å²) in [5.41, 5.74) is 8.90. The van der Waals surface area contributed by atoms with E-state index in [4.69, 9.17) is 5.73 Å². The van der Waals surface area contributed by atoms with Gasteiger partial charge in [0.25, 0.3) is 0 Å². The van der Waals surface area contributed by atoms with Crippen molar-refractivity contribution in [3.05, 3.63) is 34.6 Å². The molecule has 0 unspecified atom stereocenters. The molecule has 0 saturated heterocycles. The van der Waals surface area contributed by atoms with Crippen LogP contribution in [-0.4, -0.2) is 0 Å². The Hall–Kier alpha value is -0.890. The van der Waals surface area contributed by atoms with Gasteiger partial charge in [0, 0.05) is 5.54 Å². The summed E-state index contributed by atoms with van der Waals surface area (Å²) in [7, 11) is 0. The molecular formula is C13H18FN. The number of benzene rings is 1. The number of nitrogens with two attached hydrogens (primary N) is 1. The molecule has 0 aliphatic heterocycles. The van der Waals surface area contributed by atoms with Crippen molar-refractivity contribution in [1.82, 2.24) is 0 Å². The van der Waals surface area contributed by atoms with Crippen LogP contribution in [-0.2, 0) is 5.54 Å². The summed E-state index contributed by atoms with van der Waals surface area (Å²) < 4.78 is 13.6. The van der Waals surface area contributed by atoms with Crippen molar-refractivity contribution in [3.63, 3.8) is 0 Å². The van der Waals surface area contributed by atoms with E-state index in [1.165, 1.54) is 0 Å². The van der Waals surface area contributed by atoms with Gasteiger partial charge >= 0.3 is 0 Å². The van der Waals surface area contributed by atoms with Crippen molar-refractivity contribution in [1.29, 1.82) is 0 Å². The fourth-order valence-electron chi connectivity index (χ4n) is 2.07. The van der Waals surface area contributed by atoms with E-state index in [2.05, 4.69) is 0 Å². The van der Waals surface area contributed by atoms with Crippen molar-refractivity contribution in [2.45, 2.75) is 45.1 Å².